The Kier molecular flexibility index (Phi) is 7.29. The minimum absolute atomic E-state index is 0.0288. The van der Waals surface area contributed by atoms with Gasteiger partial charge < -0.3 is 15.0 Å². The van der Waals surface area contributed by atoms with Crippen LogP contribution in [0.4, 0.5) is 4.39 Å². The van der Waals surface area contributed by atoms with E-state index in [0.29, 0.717) is 24.6 Å². The summed E-state index contributed by atoms with van der Waals surface area (Å²) in [5, 5.41) is 13.6. The van der Waals surface area contributed by atoms with Crippen molar-refractivity contribution in [2.45, 2.75) is 45.2 Å². The van der Waals surface area contributed by atoms with Crippen LogP contribution in [0, 0.1) is 5.82 Å². The zero-order valence-corrected chi connectivity index (χ0v) is 21.7. The number of nitrogens with one attached hydrogen (secondary N) is 1. The molecule has 1 amide bonds. The number of fused-ring (bicyclic) bond motifs is 1. The predicted molar refractivity (Wildman–Crippen MR) is 146 cm³/mol. The SMILES string of the molecule is CC(C)c1ccc(C(=O)NC2CCCN(Cc3cn(-c4ccc(F)cc4)c4ccc(C(=O)O)cc34)C2)cc1. The van der Waals surface area contributed by atoms with E-state index in [0.717, 1.165) is 41.5 Å². The van der Waals surface area contributed by atoms with Crippen molar-refractivity contribution in [2.75, 3.05) is 13.1 Å². The number of carbonyl (C=O) groups excluding carboxylic acids is 1. The standard InChI is InChI=1S/C31H32FN3O3/c1-20(2)21-5-7-22(8-6-21)30(36)33-26-4-3-15-34(19-26)17-24-18-35(27-12-10-25(32)11-13-27)29-14-9-23(31(37)38)16-28(24)29/h5-14,16,18,20,26H,3-4,15,17,19H2,1-2H3,(H,33,36)(H,37,38). The first-order valence-corrected chi connectivity index (χ1v) is 13.0. The van der Waals surface area contributed by atoms with Crippen molar-refractivity contribution in [3.63, 3.8) is 0 Å². The lowest BCUT2D eigenvalue weighted by Gasteiger charge is -2.33. The lowest BCUT2D eigenvalue weighted by atomic mass is 10.0. The van der Waals surface area contributed by atoms with Gasteiger partial charge in [0.2, 0.25) is 0 Å². The van der Waals surface area contributed by atoms with E-state index >= 15 is 0 Å². The third-order valence-electron chi connectivity index (χ3n) is 7.31. The summed E-state index contributed by atoms with van der Waals surface area (Å²) in [5.74, 6) is -0.934. The normalized spacial score (nSPS) is 16.2. The molecule has 1 unspecified atom stereocenters. The van der Waals surface area contributed by atoms with Crippen molar-refractivity contribution in [3.05, 3.63) is 101 Å². The van der Waals surface area contributed by atoms with Gasteiger partial charge in [0.15, 0.2) is 0 Å². The van der Waals surface area contributed by atoms with E-state index in [2.05, 4.69) is 24.1 Å². The largest absolute Gasteiger partial charge is 0.478 e. The van der Waals surface area contributed by atoms with Gasteiger partial charge in [0.1, 0.15) is 5.82 Å². The molecule has 2 N–H and O–H groups in total. The number of hydrogen-bond donors (Lipinski definition) is 2. The molecular weight excluding hydrogens is 481 g/mol. The molecule has 2 heterocycles. The molecule has 196 valence electrons. The first-order valence-electron chi connectivity index (χ1n) is 13.0. The van der Waals surface area contributed by atoms with Crippen molar-refractivity contribution < 1.29 is 19.1 Å². The Morgan fingerprint density at radius 2 is 1.74 bits per heavy atom. The first kappa shape index (κ1) is 25.7. The Labute approximate surface area is 221 Å². The molecule has 1 aliphatic rings. The van der Waals surface area contributed by atoms with Crippen molar-refractivity contribution in [1.82, 2.24) is 14.8 Å². The van der Waals surface area contributed by atoms with E-state index in [1.54, 1.807) is 30.3 Å². The van der Waals surface area contributed by atoms with Gasteiger partial charge in [0.25, 0.3) is 5.91 Å². The smallest absolute Gasteiger partial charge is 0.335 e. The van der Waals surface area contributed by atoms with Gasteiger partial charge in [-0.3, -0.25) is 9.69 Å². The second-order valence-corrected chi connectivity index (χ2v) is 10.4. The molecule has 3 aromatic carbocycles. The van der Waals surface area contributed by atoms with Crippen molar-refractivity contribution in [3.8, 4) is 5.69 Å². The summed E-state index contributed by atoms with van der Waals surface area (Å²) < 4.78 is 15.5. The number of amides is 1. The van der Waals surface area contributed by atoms with Crippen molar-refractivity contribution in [2.24, 2.45) is 0 Å². The topological polar surface area (TPSA) is 74.6 Å². The van der Waals surface area contributed by atoms with Crippen LogP contribution in [-0.2, 0) is 6.54 Å². The zero-order chi connectivity index (χ0) is 26.8. The van der Waals surface area contributed by atoms with Gasteiger partial charge in [0.05, 0.1) is 11.1 Å². The number of rotatable bonds is 7. The molecule has 1 saturated heterocycles. The third kappa shape index (κ3) is 5.48. The number of aromatic carboxylic acids is 1. The van der Waals surface area contributed by atoms with Gasteiger partial charge in [-0.15, -0.1) is 0 Å². The number of halogens is 1. The van der Waals surface area contributed by atoms with E-state index < -0.39 is 5.97 Å². The van der Waals surface area contributed by atoms with Crippen LogP contribution < -0.4 is 5.32 Å². The second-order valence-electron chi connectivity index (χ2n) is 10.4. The fourth-order valence-electron chi connectivity index (χ4n) is 5.22. The number of aromatic nitrogens is 1. The van der Waals surface area contributed by atoms with Crippen molar-refractivity contribution in [1.29, 1.82) is 0 Å². The van der Waals surface area contributed by atoms with Crippen LogP contribution in [0.25, 0.3) is 16.6 Å². The molecule has 4 aromatic rings. The Hall–Kier alpha value is -3.97. The maximum Gasteiger partial charge on any atom is 0.335 e. The number of nitrogens with zero attached hydrogens (tertiary/aromatic N) is 2. The lowest BCUT2D eigenvalue weighted by molar-refractivity contribution is 0.0696. The average molecular weight is 514 g/mol. The van der Waals surface area contributed by atoms with E-state index in [4.69, 9.17) is 0 Å². The number of carboxylic acid groups (broad SMARTS) is 1. The molecule has 7 heteroatoms. The number of carbonyl (C=O) groups is 2. The molecule has 5 rings (SSSR count). The summed E-state index contributed by atoms with van der Waals surface area (Å²) >= 11 is 0. The van der Waals surface area contributed by atoms with Crippen molar-refractivity contribution >= 4 is 22.8 Å². The molecule has 0 radical (unpaired) electrons. The highest BCUT2D eigenvalue weighted by atomic mass is 19.1. The molecule has 0 saturated carbocycles. The number of piperidine rings is 1. The molecule has 1 aliphatic heterocycles. The fraction of sp³-hybridized carbons (Fsp3) is 0.290. The molecule has 1 atom stereocenters. The molecule has 0 spiro atoms. The number of hydrogen-bond acceptors (Lipinski definition) is 3. The van der Waals surface area contributed by atoms with Gasteiger partial charge >= 0.3 is 5.97 Å². The van der Waals surface area contributed by atoms with Crippen LogP contribution in [0.2, 0.25) is 0 Å². The Morgan fingerprint density at radius 3 is 2.42 bits per heavy atom. The van der Waals surface area contributed by atoms with Crippen LogP contribution in [0.5, 0.6) is 0 Å². The minimum Gasteiger partial charge on any atom is -0.478 e. The van der Waals surface area contributed by atoms with Gasteiger partial charge in [-0.2, -0.15) is 0 Å². The molecule has 38 heavy (non-hydrogen) atoms. The first-order chi connectivity index (χ1) is 18.3. The Bertz CT molecular complexity index is 1460. The number of likely N-dealkylation sites (tertiary alicyclic amines) is 1. The Balaban J connectivity index is 1.35. The molecule has 0 aliphatic carbocycles. The molecule has 0 bridgehead atoms. The fourth-order valence-corrected chi connectivity index (χ4v) is 5.22. The second kappa shape index (κ2) is 10.8. The lowest BCUT2D eigenvalue weighted by Crippen LogP contribution is -2.47. The minimum atomic E-state index is -0.977. The predicted octanol–water partition coefficient (Wildman–Crippen LogP) is 5.99. The van der Waals surface area contributed by atoms with Crippen LogP contribution >= 0.6 is 0 Å². The summed E-state index contributed by atoms with van der Waals surface area (Å²) in [6, 6.07) is 19.2. The van der Waals surface area contributed by atoms with Crippen LogP contribution in [0.1, 0.15) is 64.4 Å². The number of benzene rings is 3. The summed E-state index contributed by atoms with van der Waals surface area (Å²) in [6.45, 7) is 6.47. The summed E-state index contributed by atoms with van der Waals surface area (Å²) in [4.78, 5) is 26.9. The molecular formula is C31H32FN3O3. The Morgan fingerprint density at radius 1 is 1.03 bits per heavy atom. The number of carboxylic acids is 1. The van der Waals surface area contributed by atoms with E-state index in [1.165, 1.54) is 17.7 Å². The summed E-state index contributed by atoms with van der Waals surface area (Å²) in [7, 11) is 0. The maximum absolute atomic E-state index is 13.5. The summed E-state index contributed by atoms with van der Waals surface area (Å²) in [5.41, 5.74) is 4.75. The quantitative estimate of drug-likeness (QED) is 0.319. The van der Waals surface area contributed by atoms with Crippen LogP contribution in [0.15, 0.2) is 72.9 Å². The van der Waals surface area contributed by atoms with Crippen LogP contribution in [0.3, 0.4) is 0 Å². The molecule has 1 aromatic heterocycles. The van der Waals surface area contributed by atoms with Gasteiger partial charge in [-0.1, -0.05) is 26.0 Å². The van der Waals surface area contributed by atoms with Gasteiger partial charge in [0, 0.05) is 42.0 Å². The summed E-state index contributed by atoms with van der Waals surface area (Å²) in [6.07, 6.45) is 3.86. The van der Waals surface area contributed by atoms with Gasteiger partial charge in [-0.25, -0.2) is 9.18 Å². The molecule has 1 fully saturated rings. The zero-order valence-electron chi connectivity index (χ0n) is 21.7. The molecule has 6 nitrogen and oxygen atoms in total. The third-order valence-corrected chi connectivity index (χ3v) is 7.31. The highest BCUT2D eigenvalue weighted by Crippen LogP contribution is 2.28. The highest BCUT2D eigenvalue weighted by molar-refractivity contribution is 5.96. The highest BCUT2D eigenvalue weighted by Gasteiger charge is 2.24. The maximum atomic E-state index is 13.5. The van der Waals surface area contributed by atoms with E-state index in [1.807, 2.05) is 35.0 Å². The van der Waals surface area contributed by atoms with Crippen LogP contribution in [-0.4, -0.2) is 45.6 Å². The monoisotopic (exact) mass is 513 g/mol. The van der Waals surface area contributed by atoms with E-state index in [9.17, 15) is 19.1 Å². The van der Waals surface area contributed by atoms with Gasteiger partial charge in [-0.05, 0) is 91.0 Å². The van der Waals surface area contributed by atoms with E-state index in [-0.39, 0.29) is 23.3 Å². The average Bonchev–Trinajstić information content (AvgIpc) is 3.26.